The van der Waals surface area contributed by atoms with Crippen LogP contribution in [0.15, 0.2) is 28.7 Å². The first-order chi connectivity index (χ1) is 8.16. The van der Waals surface area contributed by atoms with Gasteiger partial charge in [-0.3, -0.25) is 0 Å². The molecular weight excluding hydrogens is 278 g/mol. The van der Waals surface area contributed by atoms with Crippen LogP contribution < -0.4 is 5.32 Å². The molecule has 1 atom stereocenters. The van der Waals surface area contributed by atoms with Crippen LogP contribution in [0.2, 0.25) is 0 Å². The van der Waals surface area contributed by atoms with Gasteiger partial charge < -0.3 is 10.4 Å². The second kappa shape index (κ2) is 5.98. The third-order valence-corrected chi connectivity index (χ3v) is 4.20. The molecule has 2 nitrogen and oxygen atoms in total. The first-order valence-corrected chi connectivity index (χ1v) is 7.12. The SMILES string of the molecule is CC(O)CCNC1CC(c2ccccc2Br)C1. The van der Waals surface area contributed by atoms with E-state index in [1.54, 1.807) is 0 Å². The lowest BCUT2D eigenvalue weighted by Gasteiger charge is -2.37. The molecule has 1 aliphatic rings. The van der Waals surface area contributed by atoms with Gasteiger partial charge in [0.15, 0.2) is 0 Å². The van der Waals surface area contributed by atoms with E-state index in [0.29, 0.717) is 12.0 Å². The standard InChI is InChI=1S/C14H20BrNO/c1-10(17)6-7-16-12-8-11(9-12)13-4-2-3-5-14(13)15/h2-5,10-12,16-17H,6-9H2,1H3. The van der Waals surface area contributed by atoms with Crippen molar-refractivity contribution in [1.29, 1.82) is 0 Å². The molecule has 1 aliphatic carbocycles. The summed E-state index contributed by atoms with van der Waals surface area (Å²) in [4.78, 5) is 0. The molecule has 94 valence electrons. The Balaban J connectivity index is 1.74. The summed E-state index contributed by atoms with van der Waals surface area (Å²) in [5.74, 6) is 0.689. The van der Waals surface area contributed by atoms with Crippen molar-refractivity contribution in [2.24, 2.45) is 0 Å². The zero-order valence-corrected chi connectivity index (χ0v) is 11.8. The highest BCUT2D eigenvalue weighted by molar-refractivity contribution is 9.10. The number of aliphatic hydroxyl groups is 1. The van der Waals surface area contributed by atoms with Crippen LogP contribution in [0.5, 0.6) is 0 Å². The molecule has 0 radical (unpaired) electrons. The smallest absolute Gasteiger partial charge is 0.0524 e. The summed E-state index contributed by atoms with van der Waals surface area (Å²) in [6.45, 7) is 2.76. The molecule has 17 heavy (non-hydrogen) atoms. The quantitative estimate of drug-likeness (QED) is 0.875. The predicted molar refractivity (Wildman–Crippen MR) is 74.2 cm³/mol. The van der Waals surface area contributed by atoms with Crippen LogP contribution in [0.25, 0.3) is 0 Å². The zero-order chi connectivity index (χ0) is 12.3. The number of hydrogen-bond donors (Lipinski definition) is 2. The Hall–Kier alpha value is -0.380. The van der Waals surface area contributed by atoms with E-state index < -0.39 is 0 Å². The molecule has 2 N–H and O–H groups in total. The van der Waals surface area contributed by atoms with Crippen LogP contribution in [0.3, 0.4) is 0 Å². The van der Waals surface area contributed by atoms with Crippen molar-refractivity contribution in [3.63, 3.8) is 0 Å². The van der Waals surface area contributed by atoms with Crippen LogP contribution in [0, 0.1) is 0 Å². The van der Waals surface area contributed by atoms with Gasteiger partial charge >= 0.3 is 0 Å². The maximum atomic E-state index is 9.18. The minimum absolute atomic E-state index is 0.193. The van der Waals surface area contributed by atoms with E-state index in [0.717, 1.165) is 13.0 Å². The Bertz CT molecular complexity index is 361. The lowest BCUT2D eigenvalue weighted by molar-refractivity contribution is 0.177. The van der Waals surface area contributed by atoms with E-state index in [1.165, 1.54) is 22.9 Å². The first-order valence-electron chi connectivity index (χ1n) is 6.32. The number of halogens is 1. The highest BCUT2D eigenvalue weighted by Crippen LogP contribution is 2.39. The molecule has 0 aliphatic heterocycles. The van der Waals surface area contributed by atoms with Gasteiger partial charge in [0, 0.05) is 10.5 Å². The molecule has 1 aromatic rings. The molecule has 1 saturated carbocycles. The molecule has 1 aromatic carbocycles. The summed E-state index contributed by atoms with van der Waals surface area (Å²) in [5, 5.41) is 12.7. The fourth-order valence-electron chi connectivity index (χ4n) is 2.34. The van der Waals surface area contributed by atoms with Crippen LogP contribution in [-0.2, 0) is 0 Å². The molecule has 0 heterocycles. The van der Waals surface area contributed by atoms with Crippen molar-refractivity contribution < 1.29 is 5.11 Å². The van der Waals surface area contributed by atoms with Gasteiger partial charge in [-0.1, -0.05) is 34.1 Å². The molecule has 1 fully saturated rings. The number of aliphatic hydroxyl groups excluding tert-OH is 1. The van der Waals surface area contributed by atoms with Crippen LogP contribution >= 0.6 is 15.9 Å². The Morgan fingerprint density at radius 2 is 2.12 bits per heavy atom. The summed E-state index contributed by atoms with van der Waals surface area (Å²) in [7, 11) is 0. The monoisotopic (exact) mass is 297 g/mol. The number of nitrogens with one attached hydrogen (secondary N) is 1. The Morgan fingerprint density at radius 3 is 2.76 bits per heavy atom. The van der Waals surface area contributed by atoms with Gasteiger partial charge in [-0.25, -0.2) is 0 Å². The molecule has 3 heteroatoms. The van der Waals surface area contributed by atoms with E-state index in [2.05, 4.69) is 45.5 Å². The van der Waals surface area contributed by atoms with E-state index >= 15 is 0 Å². The summed E-state index contributed by atoms with van der Waals surface area (Å²) in [6.07, 6.45) is 3.07. The third-order valence-electron chi connectivity index (χ3n) is 3.48. The Labute approximate surface area is 112 Å². The van der Waals surface area contributed by atoms with Crippen LogP contribution in [-0.4, -0.2) is 23.8 Å². The largest absolute Gasteiger partial charge is 0.393 e. The molecule has 0 bridgehead atoms. The average Bonchev–Trinajstić information content (AvgIpc) is 2.23. The van der Waals surface area contributed by atoms with Gasteiger partial charge in [0.1, 0.15) is 0 Å². The van der Waals surface area contributed by atoms with E-state index in [-0.39, 0.29) is 6.10 Å². The first kappa shape index (κ1) is 13.1. The highest BCUT2D eigenvalue weighted by atomic mass is 79.9. The Morgan fingerprint density at radius 1 is 1.41 bits per heavy atom. The van der Waals surface area contributed by atoms with Crippen molar-refractivity contribution in [2.75, 3.05) is 6.54 Å². The molecule has 2 rings (SSSR count). The second-order valence-corrected chi connectivity index (χ2v) is 5.83. The van der Waals surface area contributed by atoms with Gasteiger partial charge in [0.25, 0.3) is 0 Å². The lowest BCUT2D eigenvalue weighted by Crippen LogP contribution is -2.41. The van der Waals surface area contributed by atoms with Gasteiger partial charge in [0.05, 0.1) is 6.10 Å². The van der Waals surface area contributed by atoms with Crippen molar-refractivity contribution in [3.8, 4) is 0 Å². The highest BCUT2D eigenvalue weighted by Gasteiger charge is 2.30. The Kier molecular flexibility index (Phi) is 4.60. The summed E-state index contributed by atoms with van der Waals surface area (Å²) >= 11 is 3.61. The van der Waals surface area contributed by atoms with Gasteiger partial charge in [-0.2, -0.15) is 0 Å². The number of rotatable bonds is 5. The topological polar surface area (TPSA) is 32.3 Å². The van der Waals surface area contributed by atoms with Gasteiger partial charge in [-0.05, 0) is 50.3 Å². The minimum atomic E-state index is -0.193. The molecular formula is C14H20BrNO. The molecule has 1 unspecified atom stereocenters. The molecule has 0 spiro atoms. The third kappa shape index (κ3) is 3.54. The fourth-order valence-corrected chi connectivity index (χ4v) is 2.95. The zero-order valence-electron chi connectivity index (χ0n) is 10.2. The van der Waals surface area contributed by atoms with Crippen molar-refractivity contribution in [2.45, 2.75) is 44.2 Å². The van der Waals surface area contributed by atoms with Gasteiger partial charge in [0.2, 0.25) is 0 Å². The minimum Gasteiger partial charge on any atom is -0.393 e. The summed E-state index contributed by atoms with van der Waals surface area (Å²) < 4.78 is 1.23. The normalized spacial score (nSPS) is 25.4. The number of benzene rings is 1. The molecule has 0 saturated heterocycles. The van der Waals surface area contributed by atoms with Gasteiger partial charge in [-0.15, -0.1) is 0 Å². The van der Waals surface area contributed by atoms with Crippen molar-refractivity contribution >= 4 is 15.9 Å². The van der Waals surface area contributed by atoms with Crippen LogP contribution in [0.1, 0.15) is 37.7 Å². The summed E-state index contributed by atoms with van der Waals surface area (Å²) in [6, 6.07) is 9.12. The summed E-state index contributed by atoms with van der Waals surface area (Å²) in [5.41, 5.74) is 1.43. The van der Waals surface area contributed by atoms with Crippen LogP contribution in [0.4, 0.5) is 0 Å². The average molecular weight is 298 g/mol. The predicted octanol–water partition coefficient (Wildman–Crippen LogP) is 3.06. The van der Waals surface area contributed by atoms with E-state index in [4.69, 9.17) is 0 Å². The van der Waals surface area contributed by atoms with E-state index in [1.807, 2.05) is 6.92 Å². The van der Waals surface area contributed by atoms with Crippen molar-refractivity contribution in [1.82, 2.24) is 5.32 Å². The van der Waals surface area contributed by atoms with E-state index in [9.17, 15) is 5.11 Å². The molecule has 0 amide bonds. The molecule has 0 aromatic heterocycles. The number of hydrogen-bond acceptors (Lipinski definition) is 2. The van der Waals surface area contributed by atoms with Crippen molar-refractivity contribution in [3.05, 3.63) is 34.3 Å². The lowest BCUT2D eigenvalue weighted by atomic mass is 9.76. The maximum Gasteiger partial charge on any atom is 0.0524 e. The fraction of sp³-hybridized carbons (Fsp3) is 0.571. The second-order valence-electron chi connectivity index (χ2n) is 4.98. The maximum absolute atomic E-state index is 9.18.